The van der Waals surface area contributed by atoms with Crippen molar-refractivity contribution < 1.29 is 0 Å². The Kier molecular flexibility index (Phi) is 6.85. The van der Waals surface area contributed by atoms with Crippen LogP contribution in [0.15, 0.2) is 36.4 Å². The van der Waals surface area contributed by atoms with Crippen molar-refractivity contribution in [1.82, 2.24) is 9.97 Å². The van der Waals surface area contributed by atoms with E-state index in [1.165, 1.54) is 12.8 Å². The highest BCUT2D eigenvalue weighted by molar-refractivity contribution is 5.61. The summed E-state index contributed by atoms with van der Waals surface area (Å²) in [6.45, 7) is 7.49. The Morgan fingerprint density at radius 1 is 1.00 bits per heavy atom. The van der Waals surface area contributed by atoms with Gasteiger partial charge in [-0.2, -0.15) is 0 Å². The second-order valence-electron chi connectivity index (χ2n) is 5.92. The van der Waals surface area contributed by atoms with Crippen LogP contribution >= 0.6 is 0 Å². The fourth-order valence-corrected chi connectivity index (χ4v) is 2.27. The minimum Gasteiger partial charge on any atom is -0.370 e. The molecule has 1 aromatic heterocycles. The van der Waals surface area contributed by atoms with Crippen molar-refractivity contribution in [2.45, 2.75) is 52.5 Å². The van der Waals surface area contributed by atoms with Crippen molar-refractivity contribution in [3.05, 3.63) is 36.4 Å². The van der Waals surface area contributed by atoms with Gasteiger partial charge < -0.3 is 10.6 Å². The van der Waals surface area contributed by atoms with Crippen LogP contribution in [0.3, 0.4) is 0 Å². The molecule has 0 spiro atoms. The van der Waals surface area contributed by atoms with Gasteiger partial charge in [0.15, 0.2) is 5.82 Å². The van der Waals surface area contributed by atoms with Gasteiger partial charge in [-0.15, -0.1) is 0 Å². The van der Waals surface area contributed by atoms with Crippen molar-refractivity contribution in [3.63, 3.8) is 0 Å². The van der Waals surface area contributed by atoms with Crippen LogP contribution in [-0.4, -0.2) is 22.6 Å². The Morgan fingerprint density at radius 2 is 1.74 bits per heavy atom. The van der Waals surface area contributed by atoms with Gasteiger partial charge in [0.25, 0.3) is 0 Å². The molecule has 0 saturated carbocycles. The van der Waals surface area contributed by atoms with Crippen LogP contribution in [0, 0.1) is 0 Å². The summed E-state index contributed by atoms with van der Waals surface area (Å²) in [5.74, 6) is 2.53. The highest BCUT2D eigenvalue weighted by Crippen LogP contribution is 2.21. The third-order valence-corrected chi connectivity index (χ3v) is 3.85. The van der Waals surface area contributed by atoms with Gasteiger partial charge in [0.2, 0.25) is 0 Å². The minimum atomic E-state index is 0.390. The van der Waals surface area contributed by atoms with Gasteiger partial charge >= 0.3 is 0 Å². The monoisotopic (exact) mass is 312 g/mol. The number of nitrogens with one attached hydrogen (secondary N) is 2. The van der Waals surface area contributed by atoms with E-state index in [1.807, 2.05) is 36.4 Å². The summed E-state index contributed by atoms with van der Waals surface area (Å²) in [5.41, 5.74) is 1.04. The average Bonchev–Trinajstić information content (AvgIpc) is 2.59. The predicted octanol–water partition coefficient (Wildman–Crippen LogP) is 4.96. The van der Waals surface area contributed by atoms with Crippen LogP contribution < -0.4 is 10.6 Å². The molecule has 1 aromatic carbocycles. The van der Waals surface area contributed by atoms with Crippen molar-refractivity contribution in [2.75, 3.05) is 17.2 Å². The van der Waals surface area contributed by atoms with E-state index in [0.717, 1.165) is 42.4 Å². The summed E-state index contributed by atoms with van der Waals surface area (Å²) in [6, 6.07) is 12.5. The zero-order valence-corrected chi connectivity index (χ0v) is 14.5. The highest BCUT2D eigenvalue weighted by Gasteiger charge is 2.08. The molecule has 2 rings (SSSR count). The van der Waals surface area contributed by atoms with E-state index in [-0.39, 0.29) is 0 Å². The average molecular weight is 312 g/mol. The predicted molar refractivity (Wildman–Crippen MR) is 98.9 cm³/mol. The van der Waals surface area contributed by atoms with Crippen LogP contribution in [0.1, 0.15) is 46.5 Å². The zero-order chi connectivity index (χ0) is 16.5. The Bertz CT molecular complexity index is 583. The third-order valence-electron chi connectivity index (χ3n) is 3.85. The van der Waals surface area contributed by atoms with E-state index in [1.54, 1.807) is 0 Å². The largest absolute Gasteiger partial charge is 0.370 e. The van der Waals surface area contributed by atoms with Gasteiger partial charge in [0, 0.05) is 24.2 Å². The molecule has 0 fully saturated rings. The van der Waals surface area contributed by atoms with Gasteiger partial charge in [0.1, 0.15) is 11.6 Å². The first kappa shape index (κ1) is 17.3. The van der Waals surface area contributed by atoms with Gasteiger partial charge in [0.05, 0.1) is 0 Å². The van der Waals surface area contributed by atoms with E-state index in [2.05, 4.69) is 41.4 Å². The maximum absolute atomic E-state index is 4.67. The Morgan fingerprint density at radius 3 is 2.43 bits per heavy atom. The molecule has 0 radical (unpaired) electrons. The van der Waals surface area contributed by atoms with Crippen molar-refractivity contribution in [1.29, 1.82) is 0 Å². The lowest BCUT2D eigenvalue weighted by Crippen LogP contribution is -2.15. The maximum Gasteiger partial charge on any atom is 0.163 e. The molecule has 0 amide bonds. The van der Waals surface area contributed by atoms with E-state index in [9.17, 15) is 0 Å². The summed E-state index contributed by atoms with van der Waals surface area (Å²) in [4.78, 5) is 9.35. The van der Waals surface area contributed by atoms with Crippen LogP contribution in [0.4, 0.5) is 11.6 Å². The highest BCUT2D eigenvalue weighted by atomic mass is 15.1. The van der Waals surface area contributed by atoms with Crippen molar-refractivity contribution in [2.24, 2.45) is 0 Å². The van der Waals surface area contributed by atoms with E-state index in [0.29, 0.717) is 6.04 Å². The van der Waals surface area contributed by atoms with Gasteiger partial charge in [-0.1, -0.05) is 57.0 Å². The smallest absolute Gasteiger partial charge is 0.163 e. The first-order valence-electron chi connectivity index (χ1n) is 8.67. The van der Waals surface area contributed by atoms with Crippen LogP contribution in [0.25, 0.3) is 11.4 Å². The van der Waals surface area contributed by atoms with Crippen LogP contribution in [0.2, 0.25) is 0 Å². The second kappa shape index (κ2) is 9.13. The molecule has 2 N–H and O–H groups in total. The number of aromatic nitrogens is 2. The molecule has 1 heterocycles. The molecule has 0 aliphatic rings. The molecule has 1 atom stereocenters. The number of rotatable bonds is 9. The second-order valence-corrected chi connectivity index (χ2v) is 5.92. The molecular formula is C19H28N4. The number of nitrogens with zero attached hydrogens (tertiary/aromatic N) is 2. The Labute approximate surface area is 139 Å². The van der Waals surface area contributed by atoms with E-state index < -0.39 is 0 Å². The third kappa shape index (κ3) is 5.55. The van der Waals surface area contributed by atoms with Crippen LogP contribution in [-0.2, 0) is 0 Å². The molecule has 23 heavy (non-hydrogen) atoms. The summed E-state index contributed by atoms with van der Waals surface area (Å²) in [5, 5.41) is 6.88. The van der Waals surface area contributed by atoms with Crippen molar-refractivity contribution in [3.8, 4) is 11.4 Å². The molecule has 1 unspecified atom stereocenters. The zero-order valence-electron chi connectivity index (χ0n) is 14.5. The van der Waals surface area contributed by atoms with Crippen LogP contribution in [0.5, 0.6) is 0 Å². The molecule has 124 valence electrons. The van der Waals surface area contributed by atoms with E-state index in [4.69, 9.17) is 0 Å². The number of anilines is 2. The van der Waals surface area contributed by atoms with Gasteiger partial charge in [-0.05, 0) is 19.8 Å². The number of hydrogen-bond acceptors (Lipinski definition) is 4. The normalized spacial score (nSPS) is 12.0. The molecular weight excluding hydrogens is 284 g/mol. The van der Waals surface area contributed by atoms with Gasteiger partial charge in [-0.3, -0.25) is 0 Å². The summed E-state index contributed by atoms with van der Waals surface area (Å²) < 4.78 is 0. The Balaban J connectivity index is 2.21. The topological polar surface area (TPSA) is 49.8 Å². The standard InChI is InChI=1S/C19H28N4/c1-4-6-10-13-20-17-14-18(21-15(3)5-2)23-19(22-17)16-11-8-7-9-12-16/h7-9,11-12,14-15H,4-6,10,13H2,1-3H3,(H2,20,21,22,23). The molecule has 0 bridgehead atoms. The fraction of sp³-hybridized carbons (Fsp3) is 0.474. The van der Waals surface area contributed by atoms with Gasteiger partial charge in [-0.25, -0.2) is 9.97 Å². The summed E-state index contributed by atoms with van der Waals surface area (Å²) >= 11 is 0. The molecule has 4 nitrogen and oxygen atoms in total. The first-order valence-corrected chi connectivity index (χ1v) is 8.67. The number of hydrogen-bond donors (Lipinski definition) is 2. The molecule has 2 aromatic rings. The molecule has 4 heteroatoms. The SMILES string of the molecule is CCCCCNc1cc(NC(C)CC)nc(-c2ccccc2)n1. The van der Waals surface area contributed by atoms with E-state index >= 15 is 0 Å². The lowest BCUT2D eigenvalue weighted by Gasteiger charge is -2.15. The Hall–Kier alpha value is -2.10. The first-order chi connectivity index (χ1) is 11.2. The number of unbranched alkanes of at least 4 members (excludes halogenated alkanes) is 2. The molecule has 0 aliphatic carbocycles. The molecule has 0 aliphatic heterocycles. The summed E-state index contributed by atoms with van der Waals surface area (Å²) in [6.07, 6.45) is 4.68. The van der Waals surface area contributed by atoms with Crippen molar-refractivity contribution >= 4 is 11.6 Å². The quantitative estimate of drug-likeness (QED) is 0.643. The minimum absolute atomic E-state index is 0.390. The lowest BCUT2D eigenvalue weighted by atomic mass is 10.2. The number of benzene rings is 1. The fourth-order valence-electron chi connectivity index (χ4n) is 2.27. The maximum atomic E-state index is 4.67. The summed E-state index contributed by atoms with van der Waals surface area (Å²) in [7, 11) is 0. The molecule has 0 saturated heterocycles. The lowest BCUT2D eigenvalue weighted by molar-refractivity contribution is 0.741.